The second-order valence-electron chi connectivity index (χ2n) is 3.38. The van der Waals surface area contributed by atoms with Gasteiger partial charge in [-0.05, 0) is 18.6 Å². The first-order chi connectivity index (χ1) is 6.60. The predicted molar refractivity (Wildman–Crippen MR) is 71.4 cm³/mol. The van der Waals surface area contributed by atoms with Crippen LogP contribution in [0.1, 0.15) is 12.5 Å². The van der Waals surface area contributed by atoms with Crippen molar-refractivity contribution in [2.24, 2.45) is 0 Å². The van der Waals surface area contributed by atoms with Crippen LogP contribution < -0.4 is 10.4 Å². The highest BCUT2D eigenvalue weighted by Gasteiger charge is 2.06. The standard InChI is InChI=1S/C11H15BBrN/c1-4-8-6-9(12)10(13)7-11(8)14(3)5-2/h4,6-7H,1,5,12H2,2-3H3. The van der Waals surface area contributed by atoms with Crippen molar-refractivity contribution >= 4 is 41.0 Å². The van der Waals surface area contributed by atoms with Gasteiger partial charge < -0.3 is 4.90 Å². The number of hydrogen-bond acceptors (Lipinski definition) is 1. The molecule has 1 rings (SSSR count). The molecule has 1 aromatic rings. The lowest BCUT2D eigenvalue weighted by Gasteiger charge is -2.20. The first-order valence-electron chi connectivity index (χ1n) is 4.73. The summed E-state index contributed by atoms with van der Waals surface area (Å²) in [6, 6.07) is 4.30. The minimum atomic E-state index is 0.996. The molecule has 0 saturated heterocycles. The quantitative estimate of drug-likeness (QED) is 0.741. The maximum Gasteiger partial charge on any atom is 0.140 e. The third-order valence-corrected chi connectivity index (χ3v) is 3.27. The van der Waals surface area contributed by atoms with Crippen LogP contribution in [0.15, 0.2) is 23.2 Å². The number of anilines is 1. The van der Waals surface area contributed by atoms with Crippen molar-refractivity contribution in [2.75, 3.05) is 18.5 Å². The van der Waals surface area contributed by atoms with Crippen LogP contribution in [0.4, 0.5) is 5.69 Å². The van der Waals surface area contributed by atoms with Crippen molar-refractivity contribution in [1.29, 1.82) is 0 Å². The molecule has 3 heteroatoms. The number of benzene rings is 1. The van der Waals surface area contributed by atoms with Gasteiger partial charge in [0.15, 0.2) is 0 Å². The van der Waals surface area contributed by atoms with E-state index in [1.165, 1.54) is 16.7 Å². The molecule has 1 nitrogen and oxygen atoms in total. The van der Waals surface area contributed by atoms with Crippen LogP contribution in [0.25, 0.3) is 6.08 Å². The van der Waals surface area contributed by atoms with E-state index in [9.17, 15) is 0 Å². The molecule has 1 aromatic carbocycles. The molecule has 0 aliphatic carbocycles. The summed E-state index contributed by atoms with van der Waals surface area (Å²) >= 11 is 3.55. The van der Waals surface area contributed by atoms with Gasteiger partial charge in [-0.1, -0.05) is 40.1 Å². The van der Waals surface area contributed by atoms with Crippen molar-refractivity contribution in [3.63, 3.8) is 0 Å². The minimum Gasteiger partial charge on any atom is -0.374 e. The minimum absolute atomic E-state index is 0.996. The molecule has 74 valence electrons. The molecule has 0 aliphatic rings. The fourth-order valence-corrected chi connectivity index (χ4v) is 1.69. The first kappa shape index (κ1) is 11.4. The maximum atomic E-state index is 3.84. The fraction of sp³-hybridized carbons (Fsp3) is 0.273. The average molecular weight is 252 g/mol. The second-order valence-corrected chi connectivity index (χ2v) is 4.23. The number of rotatable bonds is 3. The molecule has 0 saturated carbocycles. The van der Waals surface area contributed by atoms with Crippen LogP contribution in [-0.4, -0.2) is 21.4 Å². The summed E-state index contributed by atoms with van der Waals surface area (Å²) in [5.74, 6) is 0. The molecule has 0 unspecified atom stereocenters. The lowest BCUT2D eigenvalue weighted by atomic mass is 9.93. The van der Waals surface area contributed by atoms with Gasteiger partial charge in [-0.15, -0.1) is 0 Å². The van der Waals surface area contributed by atoms with E-state index in [1.54, 1.807) is 0 Å². The van der Waals surface area contributed by atoms with E-state index in [0.29, 0.717) is 0 Å². The van der Waals surface area contributed by atoms with Crippen molar-refractivity contribution in [3.8, 4) is 0 Å². The van der Waals surface area contributed by atoms with Crippen molar-refractivity contribution < 1.29 is 0 Å². The van der Waals surface area contributed by atoms with Gasteiger partial charge in [-0.3, -0.25) is 0 Å². The van der Waals surface area contributed by atoms with E-state index >= 15 is 0 Å². The summed E-state index contributed by atoms with van der Waals surface area (Å²) in [4.78, 5) is 2.21. The van der Waals surface area contributed by atoms with Gasteiger partial charge in [0.1, 0.15) is 7.85 Å². The van der Waals surface area contributed by atoms with Gasteiger partial charge in [0.25, 0.3) is 0 Å². The Hall–Kier alpha value is -0.695. The summed E-state index contributed by atoms with van der Waals surface area (Å²) in [6.07, 6.45) is 1.90. The van der Waals surface area contributed by atoms with Crippen molar-refractivity contribution in [3.05, 3.63) is 28.7 Å². The molecule has 0 heterocycles. The summed E-state index contributed by atoms with van der Waals surface area (Å²) in [6.45, 7) is 6.97. The maximum absolute atomic E-state index is 3.84. The van der Waals surface area contributed by atoms with E-state index in [0.717, 1.165) is 11.0 Å². The van der Waals surface area contributed by atoms with E-state index in [-0.39, 0.29) is 0 Å². The summed E-state index contributed by atoms with van der Waals surface area (Å²) in [7, 11) is 4.18. The summed E-state index contributed by atoms with van der Waals surface area (Å²) in [5, 5.41) is 0. The molecule has 14 heavy (non-hydrogen) atoms. The van der Waals surface area contributed by atoms with Crippen LogP contribution in [0.3, 0.4) is 0 Å². The molecule has 0 N–H and O–H groups in total. The highest BCUT2D eigenvalue weighted by molar-refractivity contribution is 9.10. The smallest absolute Gasteiger partial charge is 0.140 e. The Labute approximate surface area is 95.3 Å². The van der Waals surface area contributed by atoms with E-state index < -0.39 is 0 Å². The third-order valence-electron chi connectivity index (χ3n) is 2.41. The number of hydrogen-bond donors (Lipinski definition) is 0. The molecule has 0 bridgehead atoms. The molecule has 0 aromatic heterocycles. The zero-order chi connectivity index (χ0) is 10.7. The normalized spacial score (nSPS) is 9.93. The highest BCUT2D eigenvalue weighted by atomic mass is 79.9. The molecule has 0 fully saturated rings. The Kier molecular flexibility index (Phi) is 3.82. The van der Waals surface area contributed by atoms with Gasteiger partial charge in [0.05, 0.1) is 0 Å². The van der Waals surface area contributed by atoms with Gasteiger partial charge >= 0.3 is 0 Å². The Morgan fingerprint density at radius 1 is 1.57 bits per heavy atom. The number of nitrogens with zero attached hydrogens (tertiary/aromatic N) is 1. The fourth-order valence-electron chi connectivity index (χ4n) is 1.36. The topological polar surface area (TPSA) is 3.24 Å². The molecule has 0 atom stereocenters. The molecule has 0 radical (unpaired) electrons. The van der Waals surface area contributed by atoms with Crippen LogP contribution >= 0.6 is 15.9 Å². The molecular formula is C11H15BBrN. The van der Waals surface area contributed by atoms with E-state index in [2.05, 4.69) is 61.4 Å². The average Bonchev–Trinajstić information content (AvgIpc) is 2.20. The third kappa shape index (κ3) is 2.21. The van der Waals surface area contributed by atoms with Crippen LogP contribution in [0.5, 0.6) is 0 Å². The summed E-state index contributed by atoms with van der Waals surface area (Å²) in [5.41, 5.74) is 3.66. The second kappa shape index (κ2) is 4.69. The lowest BCUT2D eigenvalue weighted by Crippen LogP contribution is -2.18. The largest absolute Gasteiger partial charge is 0.374 e. The van der Waals surface area contributed by atoms with Crippen LogP contribution in [0, 0.1) is 0 Å². The Bertz CT molecular complexity index is 349. The predicted octanol–water partition coefficient (Wildman–Crippen LogP) is 1.81. The van der Waals surface area contributed by atoms with Crippen LogP contribution in [0.2, 0.25) is 0 Å². The van der Waals surface area contributed by atoms with E-state index in [4.69, 9.17) is 0 Å². The van der Waals surface area contributed by atoms with Crippen molar-refractivity contribution in [1.82, 2.24) is 0 Å². The van der Waals surface area contributed by atoms with Crippen LogP contribution in [-0.2, 0) is 0 Å². The first-order valence-corrected chi connectivity index (χ1v) is 5.53. The zero-order valence-corrected chi connectivity index (χ0v) is 10.6. The highest BCUT2D eigenvalue weighted by Crippen LogP contribution is 2.23. The Balaban J connectivity index is 3.26. The van der Waals surface area contributed by atoms with E-state index in [1.807, 2.05) is 6.08 Å². The SMILES string of the molecule is Bc1cc(C=C)c(N(C)CC)cc1Br. The molecule has 0 spiro atoms. The molecule has 0 amide bonds. The zero-order valence-electron chi connectivity index (χ0n) is 8.97. The molecular weight excluding hydrogens is 237 g/mol. The van der Waals surface area contributed by atoms with Gasteiger partial charge in [0.2, 0.25) is 0 Å². The number of halogens is 1. The monoisotopic (exact) mass is 251 g/mol. The van der Waals surface area contributed by atoms with Gasteiger partial charge in [0, 0.05) is 23.8 Å². The van der Waals surface area contributed by atoms with Gasteiger partial charge in [-0.25, -0.2) is 0 Å². The Morgan fingerprint density at radius 3 is 2.71 bits per heavy atom. The Morgan fingerprint density at radius 2 is 2.21 bits per heavy atom. The molecule has 0 aliphatic heterocycles. The van der Waals surface area contributed by atoms with Gasteiger partial charge in [-0.2, -0.15) is 0 Å². The lowest BCUT2D eigenvalue weighted by molar-refractivity contribution is 0.966. The van der Waals surface area contributed by atoms with Crippen molar-refractivity contribution in [2.45, 2.75) is 6.92 Å². The summed E-state index contributed by atoms with van der Waals surface area (Å²) < 4.78 is 1.15.